The number of carbonyl (C=O) groups is 1. The van der Waals surface area contributed by atoms with Gasteiger partial charge in [-0.1, -0.05) is 77.8 Å². The van der Waals surface area contributed by atoms with Gasteiger partial charge in [0.15, 0.2) is 0 Å². The van der Waals surface area contributed by atoms with E-state index in [9.17, 15) is 4.79 Å². The highest BCUT2D eigenvalue weighted by Crippen LogP contribution is 2.37. The Balaban J connectivity index is 1.43. The van der Waals surface area contributed by atoms with E-state index >= 15 is 0 Å². The molecule has 2 N–H and O–H groups in total. The Bertz CT molecular complexity index is 1550. The van der Waals surface area contributed by atoms with Crippen LogP contribution in [-0.2, 0) is 11.4 Å². The Kier molecular flexibility index (Phi) is 8.69. The quantitative estimate of drug-likeness (QED) is 0.192. The Morgan fingerprint density at radius 1 is 1.05 bits per heavy atom. The average Bonchev–Trinajstić information content (AvgIpc) is 3.35. The standard InChI is InChI=1S/C30H29Cl2N5O2S/c1-4-15-40-30-35-29-33-19(3)26(28(38)34-22-10-5-18(2)6-11-22)27(37(29)36-30)21-8-12-23(13-9-21)39-17-20-7-14-24(31)25(32)16-20/h5-14,16,27H,4,15,17H2,1-3H3,(H,34,38)(H,33,35,36). The molecule has 0 fully saturated rings. The second-order valence-corrected chi connectivity index (χ2v) is 11.4. The maximum Gasteiger partial charge on any atom is 0.255 e. The largest absolute Gasteiger partial charge is 0.489 e. The van der Waals surface area contributed by atoms with Gasteiger partial charge in [0.1, 0.15) is 18.4 Å². The number of rotatable bonds is 9. The van der Waals surface area contributed by atoms with Crippen molar-refractivity contribution in [3.8, 4) is 5.75 Å². The third kappa shape index (κ3) is 6.30. The van der Waals surface area contributed by atoms with Gasteiger partial charge in [0.25, 0.3) is 5.91 Å². The molecule has 3 aromatic carbocycles. The molecule has 0 radical (unpaired) electrons. The van der Waals surface area contributed by atoms with Crippen molar-refractivity contribution in [3.63, 3.8) is 0 Å². The molecule has 4 aromatic rings. The van der Waals surface area contributed by atoms with Crippen LogP contribution < -0.4 is 15.4 Å². The Labute approximate surface area is 247 Å². The van der Waals surface area contributed by atoms with E-state index < -0.39 is 6.04 Å². The maximum absolute atomic E-state index is 13.7. The summed E-state index contributed by atoms with van der Waals surface area (Å²) < 4.78 is 7.78. The van der Waals surface area contributed by atoms with Gasteiger partial charge in [0.2, 0.25) is 11.1 Å². The van der Waals surface area contributed by atoms with Gasteiger partial charge < -0.3 is 15.4 Å². The van der Waals surface area contributed by atoms with Crippen LogP contribution in [0.1, 0.15) is 43.0 Å². The first kappa shape index (κ1) is 28.1. The minimum atomic E-state index is -0.478. The van der Waals surface area contributed by atoms with Crippen molar-refractivity contribution in [2.75, 3.05) is 16.4 Å². The van der Waals surface area contributed by atoms with Gasteiger partial charge in [-0.3, -0.25) is 4.79 Å². The molecule has 0 aliphatic carbocycles. The van der Waals surface area contributed by atoms with E-state index in [-0.39, 0.29) is 5.91 Å². The molecule has 0 bridgehead atoms. The lowest BCUT2D eigenvalue weighted by molar-refractivity contribution is -0.113. The first-order chi connectivity index (χ1) is 19.3. The van der Waals surface area contributed by atoms with Crippen LogP contribution in [0.25, 0.3) is 0 Å². The summed E-state index contributed by atoms with van der Waals surface area (Å²) in [6.45, 7) is 6.37. The molecule has 1 atom stereocenters. The van der Waals surface area contributed by atoms with Crippen LogP contribution in [0.5, 0.6) is 5.75 Å². The minimum absolute atomic E-state index is 0.206. The SMILES string of the molecule is CCCSc1nc2n(n1)C(c1ccc(OCc3ccc(Cl)c(Cl)c3)cc1)C(C(=O)Nc1ccc(C)cc1)=C(C)N2. The highest BCUT2D eigenvalue weighted by atomic mass is 35.5. The Morgan fingerprint density at radius 2 is 1.80 bits per heavy atom. The van der Waals surface area contributed by atoms with Crippen molar-refractivity contribution in [1.29, 1.82) is 0 Å². The number of thioether (sulfide) groups is 1. The molecular formula is C30H29Cl2N5O2S. The van der Waals surface area contributed by atoms with Crippen molar-refractivity contribution in [3.05, 3.63) is 105 Å². The summed E-state index contributed by atoms with van der Waals surface area (Å²) in [6.07, 6.45) is 1.01. The van der Waals surface area contributed by atoms with Crippen LogP contribution in [0.4, 0.5) is 11.6 Å². The molecule has 1 unspecified atom stereocenters. The number of hydrogen-bond acceptors (Lipinski definition) is 6. The zero-order valence-electron chi connectivity index (χ0n) is 22.4. The Hall–Kier alpha value is -3.46. The zero-order chi connectivity index (χ0) is 28.2. The van der Waals surface area contributed by atoms with Crippen LogP contribution in [-0.4, -0.2) is 26.4 Å². The number of halogens is 2. The topological polar surface area (TPSA) is 81.1 Å². The number of aryl methyl sites for hydroxylation is 1. The average molecular weight is 595 g/mol. The van der Waals surface area contributed by atoms with E-state index in [1.807, 2.05) is 68.4 Å². The van der Waals surface area contributed by atoms with Gasteiger partial charge in [-0.15, -0.1) is 5.10 Å². The third-order valence-electron chi connectivity index (χ3n) is 6.41. The lowest BCUT2D eigenvalue weighted by atomic mass is 9.95. The van der Waals surface area contributed by atoms with E-state index in [1.54, 1.807) is 28.6 Å². The number of amides is 1. The van der Waals surface area contributed by atoms with E-state index in [2.05, 4.69) is 22.5 Å². The lowest BCUT2D eigenvalue weighted by Gasteiger charge is -2.28. The van der Waals surface area contributed by atoms with Gasteiger partial charge in [0, 0.05) is 17.1 Å². The number of allylic oxidation sites excluding steroid dienone is 1. The summed E-state index contributed by atoms with van der Waals surface area (Å²) in [5.74, 6) is 2.00. The molecule has 0 saturated carbocycles. The van der Waals surface area contributed by atoms with Crippen molar-refractivity contribution >= 4 is 52.5 Å². The normalized spacial score (nSPS) is 14.5. The number of nitrogens with one attached hydrogen (secondary N) is 2. The van der Waals surface area contributed by atoms with E-state index in [1.165, 1.54) is 0 Å². The van der Waals surface area contributed by atoms with Gasteiger partial charge in [-0.25, -0.2) is 4.68 Å². The zero-order valence-corrected chi connectivity index (χ0v) is 24.7. The summed E-state index contributed by atoms with van der Waals surface area (Å²) in [5.41, 5.74) is 4.93. The van der Waals surface area contributed by atoms with Crippen LogP contribution in [0, 0.1) is 6.92 Å². The molecule has 7 nitrogen and oxygen atoms in total. The van der Waals surface area contributed by atoms with E-state index in [4.69, 9.17) is 33.0 Å². The van der Waals surface area contributed by atoms with Crippen LogP contribution >= 0.6 is 35.0 Å². The molecule has 1 aromatic heterocycles. The molecule has 5 rings (SSSR count). The summed E-state index contributed by atoms with van der Waals surface area (Å²) >= 11 is 13.8. The fraction of sp³-hybridized carbons (Fsp3) is 0.233. The maximum atomic E-state index is 13.7. The first-order valence-corrected chi connectivity index (χ1v) is 14.7. The number of ether oxygens (including phenoxy) is 1. The highest BCUT2D eigenvalue weighted by Gasteiger charge is 2.34. The number of anilines is 2. The molecule has 10 heteroatoms. The van der Waals surface area contributed by atoms with Gasteiger partial charge >= 0.3 is 0 Å². The van der Waals surface area contributed by atoms with Gasteiger partial charge in [0.05, 0.1) is 15.6 Å². The van der Waals surface area contributed by atoms with Crippen LogP contribution in [0.3, 0.4) is 0 Å². The second-order valence-electron chi connectivity index (χ2n) is 9.50. The minimum Gasteiger partial charge on any atom is -0.489 e. The summed E-state index contributed by atoms with van der Waals surface area (Å²) in [5, 5.41) is 12.8. The van der Waals surface area contributed by atoms with Crippen molar-refractivity contribution in [1.82, 2.24) is 14.8 Å². The molecule has 1 aliphatic rings. The number of hydrogen-bond donors (Lipinski definition) is 2. The first-order valence-electron chi connectivity index (χ1n) is 12.9. The summed E-state index contributed by atoms with van der Waals surface area (Å²) in [6, 6.07) is 20.4. The number of aromatic nitrogens is 3. The molecule has 2 heterocycles. The van der Waals surface area contributed by atoms with E-state index in [0.29, 0.717) is 39.1 Å². The number of carbonyl (C=O) groups excluding carboxylic acids is 1. The van der Waals surface area contributed by atoms with Crippen molar-refractivity contribution < 1.29 is 9.53 Å². The molecule has 40 heavy (non-hydrogen) atoms. The molecule has 0 spiro atoms. The fourth-order valence-electron chi connectivity index (χ4n) is 4.37. The highest BCUT2D eigenvalue weighted by molar-refractivity contribution is 7.99. The molecule has 1 aliphatic heterocycles. The smallest absolute Gasteiger partial charge is 0.255 e. The molecular weight excluding hydrogens is 565 g/mol. The monoisotopic (exact) mass is 593 g/mol. The second kappa shape index (κ2) is 12.4. The molecule has 1 amide bonds. The fourth-order valence-corrected chi connectivity index (χ4v) is 5.37. The Morgan fingerprint density at radius 3 is 2.50 bits per heavy atom. The van der Waals surface area contributed by atoms with Crippen LogP contribution in [0.2, 0.25) is 10.0 Å². The van der Waals surface area contributed by atoms with Crippen molar-refractivity contribution in [2.45, 2.75) is 45.0 Å². The van der Waals surface area contributed by atoms with Gasteiger partial charge in [-0.2, -0.15) is 4.98 Å². The lowest BCUT2D eigenvalue weighted by Crippen LogP contribution is -2.31. The predicted octanol–water partition coefficient (Wildman–Crippen LogP) is 7.90. The van der Waals surface area contributed by atoms with E-state index in [0.717, 1.165) is 40.2 Å². The third-order valence-corrected chi connectivity index (χ3v) is 8.19. The number of benzene rings is 3. The summed E-state index contributed by atoms with van der Waals surface area (Å²) in [4.78, 5) is 18.4. The number of nitrogens with zero attached hydrogens (tertiary/aromatic N) is 3. The van der Waals surface area contributed by atoms with Gasteiger partial charge in [-0.05, 0) is 67.8 Å². The molecule has 0 saturated heterocycles. The number of fused-ring (bicyclic) bond motifs is 1. The predicted molar refractivity (Wildman–Crippen MR) is 163 cm³/mol. The molecule has 206 valence electrons. The van der Waals surface area contributed by atoms with Crippen molar-refractivity contribution in [2.24, 2.45) is 0 Å². The van der Waals surface area contributed by atoms with Crippen LogP contribution in [0.15, 0.2) is 83.2 Å². The summed E-state index contributed by atoms with van der Waals surface area (Å²) in [7, 11) is 0.